The molecule has 0 bridgehead atoms. The summed E-state index contributed by atoms with van der Waals surface area (Å²) in [6.07, 6.45) is 0. The number of aromatic nitrogens is 2. The molecule has 1 N–H and O–H groups in total. The van der Waals surface area contributed by atoms with E-state index < -0.39 is 20.0 Å². The summed E-state index contributed by atoms with van der Waals surface area (Å²) in [6.45, 7) is 0. The summed E-state index contributed by atoms with van der Waals surface area (Å²) in [5.41, 5.74) is 0.155. The molecule has 1 aromatic carbocycles. The van der Waals surface area contributed by atoms with Crippen LogP contribution in [-0.2, 0) is 9.05 Å². The summed E-state index contributed by atoms with van der Waals surface area (Å²) in [6, 6.07) is 9.22. The SMILES string of the molecule is O=C(O)c1cc(S(=O)(=O)Cl)nn1-c1ccccc1. The Labute approximate surface area is 107 Å². The van der Waals surface area contributed by atoms with Gasteiger partial charge in [-0.2, -0.15) is 5.10 Å². The number of carboxylic acids is 1. The smallest absolute Gasteiger partial charge is 0.354 e. The predicted molar refractivity (Wildman–Crippen MR) is 63.6 cm³/mol. The highest BCUT2D eigenvalue weighted by Crippen LogP contribution is 2.18. The van der Waals surface area contributed by atoms with Crippen molar-refractivity contribution in [3.05, 3.63) is 42.1 Å². The standard InChI is InChI=1S/C10H7ClN2O4S/c11-18(16,17)9-6-8(10(14)15)13(12-9)7-4-2-1-3-5-7/h1-6H,(H,14,15). The highest BCUT2D eigenvalue weighted by atomic mass is 35.7. The maximum absolute atomic E-state index is 11.1. The molecule has 6 nitrogen and oxygen atoms in total. The number of para-hydroxylation sites is 1. The van der Waals surface area contributed by atoms with Gasteiger partial charge in [-0.3, -0.25) is 0 Å². The lowest BCUT2D eigenvalue weighted by molar-refractivity contribution is 0.0687. The number of rotatable bonds is 3. The molecule has 1 aromatic heterocycles. The number of hydrogen-bond acceptors (Lipinski definition) is 4. The van der Waals surface area contributed by atoms with Gasteiger partial charge < -0.3 is 5.11 Å². The van der Waals surface area contributed by atoms with Gasteiger partial charge in [0.05, 0.1) is 5.69 Å². The van der Waals surface area contributed by atoms with Crippen molar-refractivity contribution in [1.82, 2.24) is 9.78 Å². The molecule has 0 amide bonds. The Bertz CT molecular complexity index is 694. The summed E-state index contributed by atoms with van der Waals surface area (Å²) in [5, 5.41) is 12.2. The van der Waals surface area contributed by atoms with Gasteiger partial charge in [0.1, 0.15) is 0 Å². The average molecular weight is 287 g/mol. The Balaban J connectivity index is 2.67. The molecule has 0 atom stereocenters. The van der Waals surface area contributed by atoms with Crippen LogP contribution >= 0.6 is 10.7 Å². The highest BCUT2D eigenvalue weighted by molar-refractivity contribution is 8.13. The molecule has 1 heterocycles. The van der Waals surface area contributed by atoms with Crippen LogP contribution < -0.4 is 0 Å². The van der Waals surface area contributed by atoms with E-state index in [2.05, 4.69) is 5.10 Å². The first-order valence-corrected chi connectivity index (χ1v) is 7.04. The summed E-state index contributed by atoms with van der Waals surface area (Å²) in [5.74, 6) is -1.29. The molecule has 94 valence electrons. The zero-order valence-corrected chi connectivity index (χ0v) is 10.4. The van der Waals surface area contributed by atoms with Crippen molar-refractivity contribution in [2.75, 3.05) is 0 Å². The third-order valence-electron chi connectivity index (χ3n) is 2.16. The number of aromatic carboxylic acids is 1. The number of nitrogens with zero attached hydrogens (tertiary/aromatic N) is 2. The molecule has 0 saturated carbocycles. The largest absolute Gasteiger partial charge is 0.477 e. The van der Waals surface area contributed by atoms with E-state index in [0.29, 0.717) is 5.69 Å². The zero-order chi connectivity index (χ0) is 13.3. The number of carboxylic acid groups (broad SMARTS) is 1. The molecular weight excluding hydrogens is 280 g/mol. The Morgan fingerprint density at radius 3 is 2.39 bits per heavy atom. The van der Waals surface area contributed by atoms with Gasteiger partial charge in [0.2, 0.25) is 0 Å². The summed E-state index contributed by atoms with van der Waals surface area (Å²) in [7, 11) is 1.07. The topological polar surface area (TPSA) is 89.3 Å². The maximum Gasteiger partial charge on any atom is 0.354 e. The Kier molecular flexibility index (Phi) is 3.10. The first-order valence-electron chi connectivity index (χ1n) is 4.73. The van der Waals surface area contributed by atoms with Crippen LogP contribution in [0.3, 0.4) is 0 Å². The van der Waals surface area contributed by atoms with Crippen LogP contribution in [0.25, 0.3) is 5.69 Å². The van der Waals surface area contributed by atoms with Gasteiger partial charge in [0.15, 0.2) is 10.7 Å². The molecule has 2 rings (SSSR count). The molecule has 18 heavy (non-hydrogen) atoms. The first-order chi connectivity index (χ1) is 8.39. The molecule has 0 saturated heterocycles. The second-order valence-electron chi connectivity index (χ2n) is 3.36. The second kappa shape index (κ2) is 4.43. The summed E-state index contributed by atoms with van der Waals surface area (Å²) >= 11 is 0. The zero-order valence-electron chi connectivity index (χ0n) is 8.82. The van der Waals surface area contributed by atoms with E-state index in [4.69, 9.17) is 15.8 Å². The van der Waals surface area contributed by atoms with Crippen molar-refractivity contribution >= 4 is 25.7 Å². The molecule has 2 aromatic rings. The second-order valence-corrected chi connectivity index (χ2v) is 5.87. The van der Waals surface area contributed by atoms with Crippen molar-refractivity contribution in [3.63, 3.8) is 0 Å². The Morgan fingerprint density at radius 1 is 1.28 bits per heavy atom. The molecule has 0 unspecified atom stereocenters. The van der Waals surface area contributed by atoms with Crippen molar-refractivity contribution in [1.29, 1.82) is 0 Å². The molecule has 8 heteroatoms. The van der Waals surface area contributed by atoms with Gasteiger partial charge in [-0.25, -0.2) is 17.9 Å². The molecule has 0 aliphatic rings. The van der Waals surface area contributed by atoms with Crippen LogP contribution in [0, 0.1) is 0 Å². The molecule has 0 aliphatic heterocycles. The average Bonchev–Trinajstić information content (AvgIpc) is 2.74. The van der Waals surface area contributed by atoms with Crippen molar-refractivity contribution in [2.24, 2.45) is 0 Å². The molecule has 0 radical (unpaired) electrons. The van der Waals surface area contributed by atoms with Gasteiger partial charge in [0, 0.05) is 16.7 Å². The van der Waals surface area contributed by atoms with Crippen molar-refractivity contribution < 1.29 is 18.3 Å². The van der Waals surface area contributed by atoms with Crippen LogP contribution in [0.2, 0.25) is 0 Å². The Hall–Kier alpha value is -1.86. The van der Waals surface area contributed by atoms with Crippen LogP contribution in [0.1, 0.15) is 10.5 Å². The minimum Gasteiger partial charge on any atom is -0.477 e. The minimum absolute atomic E-state index is 0.277. The van der Waals surface area contributed by atoms with E-state index in [1.165, 1.54) is 0 Å². The van der Waals surface area contributed by atoms with E-state index >= 15 is 0 Å². The molecule has 0 fully saturated rings. The van der Waals surface area contributed by atoms with E-state index in [1.54, 1.807) is 30.3 Å². The molecule has 0 spiro atoms. The van der Waals surface area contributed by atoms with Crippen LogP contribution in [0.15, 0.2) is 41.4 Å². The number of hydrogen-bond donors (Lipinski definition) is 1. The normalized spacial score (nSPS) is 11.4. The van der Waals surface area contributed by atoms with Gasteiger partial charge in [-0.15, -0.1) is 0 Å². The third kappa shape index (κ3) is 2.36. The van der Waals surface area contributed by atoms with Gasteiger partial charge >= 0.3 is 5.97 Å². The molecule has 0 aliphatic carbocycles. The van der Waals surface area contributed by atoms with E-state index in [0.717, 1.165) is 10.7 Å². The van der Waals surface area contributed by atoms with Gasteiger partial charge in [0.25, 0.3) is 9.05 Å². The van der Waals surface area contributed by atoms with Crippen molar-refractivity contribution in [2.45, 2.75) is 5.03 Å². The third-order valence-corrected chi connectivity index (χ3v) is 3.33. The van der Waals surface area contributed by atoms with Crippen LogP contribution in [-0.4, -0.2) is 29.3 Å². The summed E-state index contributed by atoms with van der Waals surface area (Å²) in [4.78, 5) is 11.0. The lowest BCUT2D eigenvalue weighted by atomic mass is 10.3. The number of benzene rings is 1. The van der Waals surface area contributed by atoms with E-state index in [-0.39, 0.29) is 5.69 Å². The van der Waals surface area contributed by atoms with Gasteiger partial charge in [-0.1, -0.05) is 18.2 Å². The monoisotopic (exact) mass is 286 g/mol. The fourth-order valence-corrected chi connectivity index (χ4v) is 2.05. The van der Waals surface area contributed by atoms with Crippen molar-refractivity contribution in [3.8, 4) is 5.69 Å². The predicted octanol–water partition coefficient (Wildman–Crippen LogP) is 1.50. The van der Waals surface area contributed by atoms with E-state index in [1.807, 2.05) is 0 Å². The number of halogens is 1. The fourth-order valence-electron chi connectivity index (χ4n) is 1.40. The highest BCUT2D eigenvalue weighted by Gasteiger charge is 2.22. The van der Waals surface area contributed by atoms with Crippen LogP contribution in [0.4, 0.5) is 0 Å². The minimum atomic E-state index is -4.07. The van der Waals surface area contributed by atoms with Crippen LogP contribution in [0.5, 0.6) is 0 Å². The summed E-state index contributed by atoms with van der Waals surface area (Å²) < 4.78 is 23.3. The Morgan fingerprint density at radius 2 is 1.89 bits per heavy atom. The lowest BCUT2D eigenvalue weighted by Gasteiger charge is -2.02. The lowest BCUT2D eigenvalue weighted by Crippen LogP contribution is -2.07. The van der Waals surface area contributed by atoms with E-state index in [9.17, 15) is 13.2 Å². The quantitative estimate of drug-likeness (QED) is 0.864. The number of carbonyl (C=O) groups is 1. The van der Waals surface area contributed by atoms with Gasteiger partial charge in [-0.05, 0) is 12.1 Å². The molecular formula is C10H7ClN2O4S. The maximum atomic E-state index is 11.1. The fraction of sp³-hybridized carbons (Fsp3) is 0. The first kappa shape index (κ1) is 12.6.